The van der Waals surface area contributed by atoms with Crippen LogP contribution in [0.2, 0.25) is 5.02 Å². The van der Waals surface area contributed by atoms with Crippen molar-refractivity contribution in [2.24, 2.45) is 0 Å². The highest BCUT2D eigenvalue weighted by atomic mass is 35.5. The first-order chi connectivity index (χ1) is 9.54. The molecule has 0 heterocycles. The number of hydrogen-bond acceptors (Lipinski definition) is 3. The van der Waals surface area contributed by atoms with Crippen molar-refractivity contribution in [1.29, 1.82) is 5.26 Å². The number of anilines is 2. The summed E-state index contributed by atoms with van der Waals surface area (Å²) in [6, 6.07) is 13.6. The molecule has 0 saturated carbocycles. The third kappa shape index (κ3) is 2.58. The Morgan fingerprint density at radius 2 is 2.00 bits per heavy atom. The number of rotatable bonds is 2. The number of carbonyl (C=O) groups excluding carboxylic acids is 1. The SMILES string of the molecule is CN(C(=O)c1cc(Cl)ccc1N)c1ccccc1C#N. The number of hydrogen-bond donors (Lipinski definition) is 1. The maximum atomic E-state index is 12.5. The van der Waals surface area contributed by atoms with Gasteiger partial charge >= 0.3 is 0 Å². The van der Waals surface area contributed by atoms with E-state index in [0.29, 0.717) is 27.5 Å². The molecule has 0 atom stereocenters. The maximum Gasteiger partial charge on any atom is 0.260 e. The van der Waals surface area contributed by atoms with E-state index in [4.69, 9.17) is 22.6 Å². The van der Waals surface area contributed by atoms with E-state index >= 15 is 0 Å². The van der Waals surface area contributed by atoms with Crippen LogP contribution in [0.15, 0.2) is 42.5 Å². The van der Waals surface area contributed by atoms with Crippen LogP contribution in [-0.2, 0) is 0 Å². The van der Waals surface area contributed by atoms with E-state index in [1.807, 2.05) is 0 Å². The Morgan fingerprint density at radius 1 is 1.30 bits per heavy atom. The third-order valence-electron chi connectivity index (χ3n) is 2.94. The van der Waals surface area contributed by atoms with Gasteiger partial charge in [0.15, 0.2) is 0 Å². The normalized spacial score (nSPS) is 9.85. The Bertz CT molecular complexity index is 707. The highest BCUT2D eigenvalue weighted by Gasteiger charge is 2.18. The van der Waals surface area contributed by atoms with Crippen LogP contribution in [0, 0.1) is 11.3 Å². The zero-order valence-corrected chi connectivity index (χ0v) is 11.6. The number of amides is 1. The number of benzene rings is 2. The zero-order chi connectivity index (χ0) is 14.7. The van der Waals surface area contributed by atoms with Crippen molar-refractivity contribution in [2.45, 2.75) is 0 Å². The first-order valence-electron chi connectivity index (χ1n) is 5.87. The number of nitrogens with two attached hydrogens (primary N) is 1. The lowest BCUT2D eigenvalue weighted by Crippen LogP contribution is -2.27. The van der Waals surface area contributed by atoms with E-state index in [9.17, 15) is 4.79 Å². The fourth-order valence-corrected chi connectivity index (χ4v) is 2.04. The van der Waals surface area contributed by atoms with Crippen molar-refractivity contribution in [3.8, 4) is 6.07 Å². The third-order valence-corrected chi connectivity index (χ3v) is 3.17. The van der Waals surface area contributed by atoms with Gasteiger partial charge in [-0.25, -0.2) is 0 Å². The van der Waals surface area contributed by atoms with E-state index in [0.717, 1.165) is 0 Å². The minimum absolute atomic E-state index is 0.312. The second kappa shape index (κ2) is 5.64. The van der Waals surface area contributed by atoms with Crippen LogP contribution in [0.1, 0.15) is 15.9 Å². The summed E-state index contributed by atoms with van der Waals surface area (Å²) in [5.41, 5.74) is 7.41. The molecule has 4 nitrogen and oxygen atoms in total. The largest absolute Gasteiger partial charge is 0.398 e. The topological polar surface area (TPSA) is 70.1 Å². The molecule has 20 heavy (non-hydrogen) atoms. The molecule has 1 amide bonds. The predicted molar refractivity (Wildman–Crippen MR) is 79.8 cm³/mol. The predicted octanol–water partition coefficient (Wildman–Crippen LogP) is 3.07. The number of para-hydroxylation sites is 1. The van der Waals surface area contributed by atoms with Gasteiger partial charge in [0.05, 0.1) is 16.8 Å². The van der Waals surface area contributed by atoms with E-state index in [1.165, 1.54) is 11.0 Å². The average molecular weight is 286 g/mol. The van der Waals surface area contributed by atoms with Crippen LogP contribution in [0.3, 0.4) is 0 Å². The highest BCUT2D eigenvalue weighted by molar-refractivity contribution is 6.31. The first kappa shape index (κ1) is 13.9. The second-order valence-electron chi connectivity index (χ2n) is 4.22. The number of carbonyl (C=O) groups is 1. The van der Waals surface area contributed by atoms with Crippen LogP contribution < -0.4 is 10.6 Å². The van der Waals surface area contributed by atoms with Gasteiger partial charge < -0.3 is 10.6 Å². The van der Waals surface area contributed by atoms with E-state index in [-0.39, 0.29) is 5.91 Å². The average Bonchev–Trinajstić information content (AvgIpc) is 2.48. The Morgan fingerprint density at radius 3 is 2.70 bits per heavy atom. The fourth-order valence-electron chi connectivity index (χ4n) is 1.86. The molecule has 0 saturated heterocycles. The Kier molecular flexibility index (Phi) is 3.92. The van der Waals surface area contributed by atoms with E-state index in [1.54, 1.807) is 43.4 Å². The van der Waals surface area contributed by atoms with Crippen molar-refractivity contribution < 1.29 is 4.79 Å². The summed E-state index contributed by atoms with van der Waals surface area (Å²) in [4.78, 5) is 13.9. The molecule has 0 fully saturated rings. The van der Waals surface area contributed by atoms with Crippen molar-refractivity contribution in [3.05, 3.63) is 58.6 Å². The molecule has 2 N–H and O–H groups in total. The molecule has 0 bridgehead atoms. The molecule has 100 valence electrons. The van der Waals surface area contributed by atoms with Crippen LogP contribution in [0.5, 0.6) is 0 Å². The summed E-state index contributed by atoms with van der Waals surface area (Å²) in [7, 11) is 1.60. The van der Waals surface area contributed by atoms with Crippen molar-refractivity contribution in [1.82, 2.24) is 0 Å². The molecule has 5 heteroatoms. The van der Waals surface area contributed by atoms with Gasteiger partial charge in [-0.3, -0.25) is 4.79 Å². The second-order valence-corrected chi connectivity index (χ2v) is 4.66. The Balaban J connectivity index is 2.43. The molecular formula is C15H12ClN3O. The molecule has 2 aromatic rings. The number of nitriles is 1. The smallest absolute Gasteiger partial charge is 0.260 e. The lowest BCUT2D eigenvalue weighted by atomic mass is 10.1. The van der Waals surface area contributed by atoms with Gasteiger partial charge in [0, 0.05) is 17.8 Å². The minimum atomic E-state index is -0.312. The summed E-state index contributed by atoms with van der Waals surface area (Å²) in [6.45, 7) is 0. The van der Waals surface area contributed by atoms with Gasteiger partial charge in [-0.1, -0.05) is 23.7 Å². The van der Waals surface area contributed by atoms with Gasteiger partial charge in [0.25, 0.3) is 5.91 Å². The number of nitrogens with zero attached hydrogens (tertiary/aromatic N) is 2. The van der Waals surface area contributed by atoms with E-state index < -0.39 is 0 Å². The van der Waals surface area contributed by atoms with Crippen molar-refractivity contribution >= 4 is 28.9 Å². The summed E-state index contributed by atoms with van der Waals surface area (Å²) < 4.78 is 0. The van der Waals surface area contributed by atoms with Gasteiger partial charge in [0.1, 0.15) is 6.07 Å². The number of nitrogen functional groups attached to an aromatic ring is 1. The molecule has 0 spiro atoms. The molecular weight excluding hydrogens is 274 g/mol. The lowest BCUT2D eigenvalue weighted by molar-refractivity contribution is 0.0994. The molecule has 2 aromatic carbocycles. The standard InChI is InChI=1S/C15H12ClN3O/c1-19(14-5-3-2-4-10(14)9-17)15(20)12-8-11(16)6-7-13(12)18/h2-8H,18H2,1H3. The van der Waals surface area contributed by atoms with Gasteiger partial charge in [-0.2, -0.15) is 5.26 Å². The van der Waals surface area contributed by atoms with Gasteiger partial charge in [-0.15, -0.1) is 0 Å². The van der Waals surface area contributed by atoms with Crippen LogP contribution in [-0.4, -0.2) is 13.0 Å². The van der Waals surface area contributed by atoms with E-state index in [2.05, 4.69) is 6.07 Å². The van der Waals surface area contributed by atoms with Crippen molar-refractivity contribution in [2.75, 3.05) is 17.7 Å². The summed E-state index contributed by atoms with van der Waals surface area (Å²) >= 11 is 5.89. The summed E-state index contributed by atoms with van der Waals surface area (Å²) in [6.07, 6.45) is 0. The zero-order valence-electron chi connectivity index (χ0n) is 10.8. The monoisotopic (exact) mass is 285 g/mol. The molecule has 0 unspecified atom stereocenters. The molecule has 0 aliphatic carbocycles. The highest BCUT2D eigenvalue weighted by Crippen LogP contribution is 2.24. The molecule has 2 rings (SSSR count). The van der Waals surface area contributed by atoms with Crippen molar-refractivity contribution in [3.63, 3.8) is 0 Å². The fraction of sp³-hybridized carbons (Fsp3) is 0.0667. The lowest BCUT2D eigenvalue weighted by Gasteiger charge is -2.19. The Labute approximate surface area is 122 Å². The molecule has 0 radical (unpaired) electrons. The summed E-state index contributed by atoms with van der Waals surface area (Å²) in [5.74, 6) is -0.312. The maximum absolute atomic E-state index is 12.5. The van der Waals surface area contributed by atoms with Crippen LogP contribution >= 0.6 is 11.6 Å². The van der Waals surface area contributed by atoms with Gasteiger partial charge in [0.2, 0.25) is 0 Å². The molecule has 0 aliphatic heterocycles. The molecule has 0 aliphatic rings. The van der Waals surface area contributed by atoms with Gasteiger partial charge in [-0.05, 0) is 30.3 Å². The summed E-state index contributed by atoms with van der Waals surface area (Å²) in [5, 5.41) is 9.52. The van der Waals surface area contributed by atoms with Crippen LogP contribution in [0.25, 0.3) is 0 Å². The minimum Gasteiger partial charge on any atom is -0.398 e. The quantitative estimate of drug-likeness (QED) is 0.862. The van der Waals surface area contributed by atoms with Crippen LogP contribution in [0.4, 0.5) is 11.4 Å². The number of halogens is 1. The molecule has 0 aromatic heterocycles. The Hall–Kier alpha value is -2.51. The first-order valence-corrected chi connectivity index (χ1v) is 6.24.